The smallest absolute Gasteiger partial charge is 0.345 e. The molecule has 2 heterocycles. The van der Waals surface area contributed by atoms with Crippen molar-refractivity contribution in [2.75, 3.05) is 0 Å². The number of fused-ring (bicyclic) bond motifs is 1. The Bertz CT molecular complexity index is 1440. The van der Waals surface area contributed by atoms with Crippen LogP contribution in [0.25, 0.3) is 0 Å². The molecule has 222 valence electrons. The number of imide groups is 1. The third-order valence-electron chi connectivity index (χ3n) is 7.64. The van der Waals surface area contributed by atoms with E-state index in [1.807, 2.05) is 12.1 Å². The summed E-state index contributed by atoms with van der Waals surface area (Å²) < 4.78 is 0. The van der Waals surface area contributed by atoms with Crippen molar-refractivity contribution >= 4 is 35.4 Å². The van der Waals surface area contributed by atoms with Crippen molar-refractivity contribution in [3.05, 3.63) is 70.3 Å². The van der Waals surface area contributed by atoms with Gasteiger partial charge in [-0.3, -0.25) is 24.0 Å². The van der Waals surface area contributed by atoms with Gasteiger partial charge in [0.15, 0.2) is 0 Å². The predicted octanol–water partition coefficient (Wildman–Crippen LogP) is 2.40. The van der Waals surface area contributed by atoms with Crippen LogP contribution < -0.4 is 11.1 Å². The standard InChI is InChI=1S/C31H36N4O7/c1-17(2)25(32)30(41)42-35-24(36)14-13-23(29(35)40)34-16-22-19(7-6-8-21(22)28(34)39)15-33-27(38)26(37)18-9-11-20(12-10-18)31(3,4)5/h6-12,17,23,25H,13-16,32H2,1-5H3,(H,33,38)/t23?,25-/m1/s1. The van der Waals surface area contributed by atoms with E-state index in [1.54, 1.807) is 44.2 Å². The van der Waals surface area contributed by atoms with Crippen LogP contribution in [0.15, 0.2) is 42.5 Å². The molecule has 11 heteroatoms. The molecule has 3 N–H and O–H groups in total. The minimum absolute atomic E-state index is 0.0110. The Morgan fingerprint density at radius 2 is 1.71 bits per heavy atom. The Labute approximate surface area is 244 Å². The van der Waals surface area contributed by atoms with Gasteiger partial charge in [0.05, 0.1) is 0 Å². The molecule has 11 nitrogen and oxygen atoms in total. The highest BCUT2D eigenvalue weighted by Gasteiger charge is 2.45. The topological polar surface area (TPSA) is 156 Å². The first-order valence-corrected chi connectivity index (χ1v) is 13.9. The fourth-order valence-corrected chi connectivity index (χ4v) is 4.90. The molecule has 2 atom stereocenters. The van der Waals surface area contributed by atoms with E-state index in [2.05, 4.69) is 26.1 Å². The lowest BCUT2D eigenvalue weighted by atomic mass is 9.86. The summed E-state index contributed by atoms with van der Waals surface area (Å²) in [5.74, 6) is -4.59. The summed E-state index contributed by atoms with van der Waals surface area (Å²) in [6.45, 7) is 9.60. The largest absolute Gasteiger partial charge is 0.349 e. The van der Waals surface area contributed by atoms with Gasteiger partial charge in [-0.25, -0.2) is 4.79 Å². The normalized spacial score (nSPS) is 17.8. The van der Waals surface area contributed by atoms with Gasteiger partial charge in [-0.1, -0.05) is 71.0 Å². The van der Waals surface area contributed by atoms with Crippen LogP contribution in [-0.2, 0) is 42.5 Å². The molecule has 4 rings (SSSR count). The molecule has 42 heavy (non-hydrogen) atoms. The van der Waals surface area contributed by atoms with Gasteiger partial charge in [0.25, 0.3) is 23.6 Å². The fraction of sp³-hybridized carbons (Fsp3) is 0.419. The summed E-state index contributed by atoms with van der Waals surface area (Å²) in [6, 6.07) is 9.83. The van der Waals surface area contributed by atoms with Crippen LogP contribution in [0.4, 0.5) is 0 Å². The summed E-state index contributed by atoms with van der Waals surface area (Å²) in [5.41, 5.74) is 8.57. The van der Waals surface area contributed by atoms with Crippen LogP contribution in [0.1, 0.15) is 84.9 Å². The van der Waals surface area contributed by atoms with Gasteiger partial charge >= 0.3 is 5.97 Å². The van der Waals surface area contributed by atoms with Crippen molar-refractivity contribution in [3.8, 4) is 0 Å². The molecule has 0 radical (unpaired) electrons. The van der Waals surface area contributed by atoms with E-state index in [-0.39, 0.29) is 42.8 Å². The Morgan fingerprint density at radius 3 is 2.33 bits per heavy atom. The maximum Gasteiger partial charge on any atom is 0.349 e. The third-order valence-corrected chi connectivity index (χ3v) is 7.64. The lowest BCUT2D eigenvalue weighted by molar-refractivity contribution is -0.209. The van der Waals surface area contributed by atoms with Crippen LogP contribution in [0.3, 0.4) is 0 Å². The third kappa shape index (κ3) is 6.11. The second-order valence-corrected chi connectivity index (χ2v) is 12.0. The minimum Gasteiger partial charge on any atom is -0.345 e. The number of carbonyl (C=O) groups is 6. The second kappa shape index (κ2) is 11.8. The zero-order chi connectivity index (χ0) is 30.9. The molecule has 1 fully saturated rings. The molecule has 0 aliphatic carbocycles. The highest BCUT2D eigenvalue weighted by molar-refractivity contribution is 6.42. The first-order chi connectivity index (χ1) is 19.7. The summed E-state index contributed by atoms with van der Waals surface area (Å²) in [7, 11) is 0. The number of amides is 4. The zero-order valence-electron chi connectivity index (χ0n) is 24.4. The van der Waals surface area contributed by atoms with E-state index in [0.29, 0.717) is 21.8 Å². The fourth-order valence-electron chi connectivity index (χ4n) is 4.90. The number of hydrogen-bond donors (Lipinski definition) is 2. The van der Waals surface area contributed by atoms with Crippen LogP contribution in [0.2, 0.25) is 0 Å². The molecule has 0 saturated carbocycles. The van der Waals surface area contributed by atoms with Crippen molar-refractivity contribution in [3.63, 3.8) is 0 Å². The number of benzene rings is 2. The number of nitrogens with two attached hydrogens (primary N) is 1. The number of hydroxylamine groups is 2. The number of rotatable bonds is 8. The monoisotopic (exact) mass is 576 g/mol. The maximum atomic E-state index is 13.3. The van der Waals surface area contributed by atoms with Crippen molar-refractivity contribution in [1.82, 2.24) is 15.3 Å². The van der Waals surface area contributed by atoms with Crippen LogP contribution in [-0.4, -0.2) is 57.4 Å². The molecular weight excluding hydrogens is 540 g/mol. The molecule has 0 aromatic heterocycles. The van der Waals surface area contributed by atoms with E-state index in [9.17, 15) is 28.8 Å². The molecule has 2 aromatic carbocycles. The summed E-state index contributed by atoms with van der Waals surface area (Å²) >= 11 is 0. The number of nitrogens with zero attached hydrogens (tertiary/aromatic N) is 2. The van der Waals surface area contributed by atoms with Crippen molar-refractivity contribution in [2.45, 2.75) is 78.0 Å². The molecule has 4 amide bonds. The van der Waals surface area contributed by atoms with E-state index in [0.717, 1.165) is 5.56 Å². The molecule has 0 spiro atoms. The zero-order valence-corrected chi connectivity index (χ0v) is 24.4. The number of nitrogens with one attached hydrogen (secondary N) is 1. The quantitative estimate of drug-likeness (QED) is 0.276. The summed E-state index contributed by atoms with van der Waals surface area (Å²) in [4.78, 5) is 83.2. The van der Waals surface area contributed by atoms with Gasteiger partial charge in [0.1, 0.15) is 12.1 Å². The Hall–Kier alpha value is -4.38. The molecule has 1 unspecified atom stereocenters. The van der Waals surface area contributed by atoms with Gasteiger partial charge in [0, 0.05) is 30.6 Å². The van der Waals surface area contributed by atoms with Crippen molar-refractivity contribution in [2.24, 2.45) is 11.7 Å². The Morgan fingerprint density at radius 1 is 1.05 bits per heavy atom. The lowest BCUT2D eigenvalue weighted by Gasteiger charge is -2.34. The van der Waals surface area contributed by atoms with Gasteiger partial charge in [-0.05, 0) is 40.5 Å². The average Bonchev–Trinajstić information content (AvgIpc) is 3.29. The molecule has 2 aromatic rings. The molecular formula is C31H36N4O7. The number of hydrogen-bond acceptors (Lipinski definition) is 8. The number of piperidine rings is 1. The number of Topliss-reactive ketones (excluding diaryl/α,β-unsaturated/α-hetero) is 1. The summed E-state index contributed by atoms with van der Waals surface area (Å²) in [6.07, 6.45) is -0.0429. The maximum absolute atomic E-state index is 13.3. The SMILES string of the molecule is CC(C)[C@@H](N)C(=O)ON1C(=O)CCC(N2Cc3c(CNC(=O)C(=O)c4ccc(C(C)(C)C)cc4)cccc3C2=O)C1=O. The first-order valence-electron chi connectivity index (χ1n) is 13.9. The predicted molar refractivity (Wildman–Crippen MR) is 151 cm³/mol. The molecule has 1 saturated heterocycles. The number of carbonyl (C=O) groups excluding carboxylic acids is 6. The van der Waals surface area contributed by atoms with Crippen LogP contribution >= 0.6 is 0 Å². The Kier molecular flexibility index (Phi) is 8.63. The summed E-state index contributed by atoms with van der Waals surface area (Å²) in [5, 5.41) is 3.05. The lowest BCUT2D eigenvalue weighted by Crippen LogP contribution is -2.56. The van der Waals surface area contributed by atoms with E-state index in [4.69, 9.17) is 10.6 Å². The van der Waals surface area contributed by atoms with E-state index < -0.39 is 47.5 Å². The average molecular weight is 577 g/mol. The van der Waals surface area contributed by atoms with Gasteiger partial charge in [-0.15, -0.1) is 5.06 Å². The second-order valence-electron chi connectivity index (χ2n) is 12.0. The van der Waals surface area contributed by atoms with E-state index in [1.165, 1.54) is 4.90 Å². The molecule has 2 aliphatic heterocycles. The number of ketones is 1. The first kappa shape index (κ1) is 30.6. The Balaban J connectivity index is 1.45. The highest BCUT2D eigenvalue weighted by Crippen LogP contribution is 2.31. The van der Waals surface area contributed by atoms with Crippen molar-refractivity contribution < 1.29 is 33.6 Å². The molecule has 0 bridgehead atoms. The van der Waals surface area contributed by atoms with Crippen LogP contribution in [0.5, 0.6) is 0 Å². The minimum atomic E-state index is -1.04. The van der Waals surface area contributed by atoms with Crippen LogP contribution in [0, 0.1) is 5.92 Å². The highest BCUT2D eigenvalue weighted by atomic mass is 16.7. The van der Waals surface area contributed by atoms with Gasteiger partial charge < -0.3 is 20.8 Å². The molecule has 2 aliphatic rings. The van der Waals surface area contributed by atoms with Gasteiger partial charge in [-0.2, -0.15) is 0 Å². The van der Waals surface area contributed by atoms with Crippen molar-refractivity contribution in [1.29, 1.82) is 0 Å². The van der Waals surface area contributed by atoms with Gasteiger partial charge in [0.2, 0.25) is 5.78 Å². The van der Waals surface area contributed by atoms with E-state index >= 15 is 0 Å².